The van der Waals surface area contributed by atoms with E-state index in [1.807, 2.05) is 23.1 Å². The molecule has 0 N–H and O–H groups in total. The molecule has 2 rings (SSSR count). The number of hydrogen-bond acceptors (Lipinski definition) is 4. The number of para-hydroxylation sites is 1. The third-order valence-corrected chi connectivity index (χ3v) is 3.47. The lowest BCUT2D eigenvalue weighted by Gasteiger charge is -2.36. The highest BCUT2D eigenvalue weighted by Crippen LogP contribution is 2.22. The second kappa shape index (κ2) is 6.41. The molecule has 20 heavy (non-hydrogen) atoms. The first kappa shape index (κ1) is 14.4. The lowest BCUT2D eigenvalue weighted by Crippen LogP contribution is -2.48. The molecule has 1 heterocycles. The summed E-state index contributed by atoms with van der Waals surface area (Å²) in [5.41, 5.74) is 1.47. The van der Waals surface area contributed by atoms with Gasteiger partial charge in [-0.1, -0.05) is 12.1 Å². The molecule has 108 valence electrons. The zero-order chi connectivity index (χ0) is 14.5. The van der Waals surface area contributed by atoms with Gasteiger partial charge in [0.05, 0.1) is 17.9 Å². The number of benzene rings is 1. The fourth-order valence-electron chi connectivity index (χ4n) is 2.39. The Kier molecular flexibility index (Phi) is 4.61. The highest BCUT2D eigenvalue weighted by Gasteiger charge is 2.22. The van der Waals surface area contributed by atoms with Crippen molar-refractivity contribution in [3.8, 4) is 0 Å². The van der Waals surface area contributed by atoms with E-state index < -0.39 is 0 Å². The highest BCUT2D eigenvalue weighted by atomic mass is 16.5. The predicted octanol–water partition coefficient (Wildman–Crippen LogP) is 1.53. The molecule has 5 heteroatoms. The number of carbonyl (C=O) groups excluding carboxylic acids is 2. The SMILES string of the molecule is CCOC(=O)c1ccccc1N1CCN(C(C)=O)CC1. The molecule has 0 aliphatic carbocycles. The van der Waals surface area contributed by atoms with Gasteiger partial charge in [0.25, 0.3) is 0 Å². The van der Waals surface area contributed by atoms with Crippen molar-refractivity contribution >= 4 is 17.6 Å². The van der Waals surface area contributed by atoms with E-state index in [4.69, 9.17) is 4.74 Å². The van der Waals surface area contributed by atoms with Crippen LogP contribution in [0.2, 0.25) is 0 Å². The minimum absolute atomic E-state index is 0.100. The van der Waals surface area contributed by atoms with Gasteiger partial charge >= 0.3 is 5.97 Å². The summed E-state index contributed by atoms with van der Waals surface area (Å²) in [5.74, 6) is -0.194. The molecule has 0 aromatic heterocycles. The normalized spacial score (nSPS) is 15.1. The van der Waals surface area contributed by atoms with E-state index in [2.05, 4.69) is 4.90 Å². The lowest BCUT2D eigenvalue weighted by atomic mass is 10.1. The van der Waals surface area contributed by atoms with Crippen molar-refractivity contribution in [2.45, 2.75) is 13.8 Å². The monoisotopic (exact) mass is 276 g/mol. The van der Waals surface area contributed by atoms with Crippen LogP contribution in [0.5, 0.6) is 0 Å². The quantitative estimate of drug-likeness (QED) is 0.786. The summed E-state index contributed by atoms with van der Waals surface area (Å²) in [5, 5.41) is 0. The fourth-order valence-corrected chi connectivity index (χ4v) is 2.39. The van der Waals surface area contributed by atoms with Crippen LogP contribution >= 0.6 is 0 Å². The number of amides is 1. The molecule has 0 bridgehead atoms. The Labute approximate surface area is 119 Å². The maximum Gasteiger partial charge on any atom is 0.340 e. The van der Waals surface area contributed by atoms with Crippen molar-refractivity contribution in [1.82, 2.24) is 4.90 Å². The standard InChI is InChI=1S/C15H20N2O3/c1-3-20-15(19)13-6-4-5-7-14(13)17-10-8-16(9-11-17)12(2)18/h4-7H,3,8-11H2,1-2H3. The van der Waals surface area contributed by atoms with Gasteiger partial charge in [0.15, 0.2) is 0 Å². The van der Waals surface area contributed by atoms with Gasteiger partial charge in [-0.3, -0.25) is 4.79 Å². The van der Waals surface area contributed by atoms with Gasteiger partial charge in [-0.25, -0.2) is 4.79 Å². The van der Waals surface area contributed by atoms with Gasteiger partial charge in [0, 0.05) is 33.1 Å². The fraction of sp³-hybridized carbons (Fsp3) is 0.467. The maximum absolute atomic E-state index is 12.0. The van der Waals surface area contributed by atoms with Gasteiger partial charge < -0.3 is 14.5 Å². The number of esters is 1. The summed E-state index contributed by atoms with van der Waals surface area (Å²) < 4.78 is 5.09. The summed E-state index contributed by atoms with van der Waals surface area (Å²) in [7, 11) is 0. The molecule has 1 aromatic rings. The third-order valence-electron chi connectivity index (χ3n) is 3.47. The number of ether oxygens (including phenoxy) is 1. The van der Waals surface area contributed by atoms with Crippen molar-refractivity contribution in [2.24, 2.45) is 0 Å². The molecule has 1 aliphatic heterocycles. The molecule has 0 unspecified atom stereocenters. The zero-order valence-corrected chi connectivity index (χ0v) is 12.0. The summed E-state index contributed by atoms with van der Waals surface area (Å²) in [6.07, 6.45) is 0. The molecule has 1 saturated heterocycles. The minimum atomic E-state index is -0.294. The third kappa shape index (κ3) is 3.10. The number of anilines is 1. The van der Waals surface area contributed by atoms with Gasteiger partial charge in [0.1, 0.15) is 0 Å². The zero-order valence-electron chi connectivity index (χ0n) is 12.0. The number of carbonyl (C=O) groups is 2. The molecule has 0 saturated carbocycles. The molecule has 5 nitrogen and oxygen atoms in total. The van der Waals surface area contributed by atoms with Crippen molar-refractivity contribution < 1.29 is 14.3 Å². The van der Waals surface area contributed by atoms with Crippen LogP contribution in [0.1, 0.15) is 24.2 Å². The van der Waals surface area contributed by atoms with E-state index in [-0.39, 0.29) is 11.9 Å². The maximum atomic E-state index is 12.0. The molecular formula is C15H20N2O3. The number of rotatable bonds is 3. The number of nitrogens with zero attached hydrogens (tertiary/aromatic N) is 2. The van der Waals surface area contributed by atoms with Crippen molar-refractivity contribution in [2.75, 3.05) is 37.7 Å². The summed E-state index contributed by atoms with van der Waals surface area (Å²) in [6.45, 7) is 6.59. The average Bonchev–Trinajstić information content (AvgIpc) is 2.47. The van der Waals surface area contributed by atoms with E-state index in [0.29, 0.717) is 25.3 Å². The Hall–Kier alpha value is -2.04. The van der Waals surface area contributed by atoms with Gasteiger partial charge in [-0.05, 0) is 19.1 Å². The first-order valence-corrected chi connectivity index (χ1v) is 6.90. The topological polar surface area (TPSA) is 49.9 Å². The first-order valence-electron chi connectivity index (χ1n) is 6.90. The van der Waals surface area contributed by atoms with Crippen LogP contribution in [-0.2, 0) is 9.53 Å². The van der Waals surface area contributed by atoms with E-state index in [1.165, 1.54) is 0 Å². The first-order chi connectivity index (χ1) is 9.63. The predicted molar refractivity (Wildman–Crippen MR) is 76.9 cm³/mol. The van der Waals surface area contributed by atoms with Crippen molar-refractivity contribution in [3.05, 3.63) is 29.8 Å². The smallest absolute Gasteiger partial charge is 0.340 e. The van der Waals surface area contributed by atoms with Crippen LogP contribution in [0.3, 0.4) is 0 Å². The number of hydrogen-bond donors (Lipinski definition) is 0. The molecule has 1 aromatic carbocycles. The van der Waals surface area contributed by atoms with Gasteiger partial charge in [0.2, 0.25) is 5.91 Å². The van der Waals surface area contributed by atoms with Crippen LogP contribution in [0, 0.1) is 0 Å². The van der Waals surface area contributed by atoms with Crippen LogP contribution in [0.4, 0.5) is 5.69 Å². The van der Waals surface area contributed by atoms with E-state index >= 15 is 0 Å². The molecular weight excluding hydrogens is 256 g/mol. The Morgan fingerprint density at radius 1 is 1.15 bits per heavy atom. The van der Waals surface area contributed by atoms with Crippen molar-refractivity contribution in [1.29, 1.82) is 0 Å². The van der Waals surface area contributed by atoms with Gasteiger partial charge in [-0.2, -0.15) is 0 Å². The Bertz CT molecular complexity index is 494. The summed E-state index contributed by atoms with van der Waals surface area (Å²) in [6, 6.07) is 7.46. The van der Waals surface area contributed by atoms with Crippen LogP contribution < -0.4 is 4.90 Å². The van der Waals surface area contributed by atoms with E-state index in [9.17, 15) is 9.59 Å². The molecule has 1 amide bonds. The Morgan fingerprint density at radius 3 is 2.40 bits per heavy atom. The highest BCUT2D eigenvalue weighted by molar-refractivity contribution is 5.96. The lowest BCUT2D eigenvalue weighted by molar-refractivity contribution is -0.129. The van der Waals surface area contributed by atoms with Crippen molar-refractivity contribution in [3.63, 3.8) is 0 Å². The molecule has 1 aliphatic rings. The average molecular weight is 276 g/mol. The Morgan fingerprint density at radius 2 is 1.80 bits per heavy atom. The second-order valence-corrected chi connectivity index (χ2v) is 4.73. The van der Waals surface area contributed by atoms with E-state index in [0.717, 1.165) is 18.8 Å². The van der Waals surface area contributed by atoms with Gasteiger partial charge in [-0.15, -0.1) is 0 Å². The van der Waals surface area contributed by atoms with Crippen LogP contribution in [-0.4, -0.2) is 49.6 Å². The molecule has 0 radical (unpaired) electrons. The second-order valence-electron chi connectivity index (χ2n) is 4.73. The van der Waals surface area contributed by atoms with Crippen LogP contribution in [0.15, 0.2) is 24.3 Å². The number of piperazine rings is 1. The summed E-state index contributed by atoms with van der Waals surface area (Å²) in [4.78, 5) is 27.3. The molecule has 0 spiro atoms. The minimum Gasteiger partial charge on any atom is -0.462 e. The summed E-state index contributed by atoms with van der Waals surface area (Å²) >= 11 is 0. The largest absolute Gasteiger partial charge is 0.462 e. The molecule has 0 atom stereocenters. The van der Waals surface area contributed by atoms with Crippen LogP contribution in [0.25, 0.3) is 0 Å². The molecule has 1 fully saturated rings. The Balaban J connectivity index is 2.14. The van der Waals surface area contributed by atoms with E-state index in [1.54, 1.807) is 19.9 Å².